The molecule has 6 aliphatic carbocycles. The number of alkyl carbamates (subject to hydrolysis) is 2. The maximum Gasteiger partial charge on any atom is 0.519 e. The van der Waals surface area contributed by atoms with Gasteiger partial charge >= 0.3 is 30.5 Å². The number of nitrogens with zero attached hydrogens (tertiary/aromatic N) is 3. The van der Waals surface area contributed by atoms with E-state index < -0.39 is 29.4 Å². The Kier molecular flexibility index (Phi) is 29.6. The van der Waals surface area contributed by atoms with Crippen LogP contribution in [0.1, 0.15) is 162 Å². The van der Waals surface area contributed by atoms with E-state index in [1.165, 1.54) is 78.6 Å². The summed E-state index contributed by atoms with van der Waals surface area (Å²) in [5.74, 6) is 2.69. The van der Waals surface area contributed by atoms with Crippen LogP contribution in [-0.4, -0.2) is 144 Å². The van der Waals surface area contributed by atoms with E-state index in [-0.39, 0.29) is 71.0 Å². The number of nitrogens with two attached hydrogens (primary N) is 1. The van der Waals surface area contributed by atoms with Crippen LogP contribution in [-0.2, 0) is 77.1 Å². The molecule has 6 aromatic rings. The number of hydrogen-bond acceptors (Lipinski definition) is 18. The molecule has 0 heterocycles. The van der Waals surface area contributed by atoms with E-state index in [1.807, 2.05) is 91.0 Å². The number of non-ortho nitro benzene ring substituents is 1. The molecular weight excluding hydrogens is 1380 g/mol. The van der Waals surface area contributed by atoms with E-state index in [2.05, 4.69) is 49.6 Å². The van der Waals surface area contributed by atoms with Crippen LogP contribution in [0.15, 0.2) is 140 Å². The number of hydrogen-bond donors (Lipinski definition) is 3. The van der Waals surface area contributed by atoms with Crippen LogP contribution in [0.4, 0.5) is 29.7 Å². The molecule has 0 saturated heterocycles. The summed E-state index contributed by atoms with van der Waals surface area (Å²) in [6.07, 6.45) is 16.7. The summed E-state index contributed by atoms with van der Waals surface area (Å²) in [5.41, 5.74) is 15.0. The third-order valence-corrected chi connectivity index (χ3v) is 23.0. The zero-order valence-electron chi connectivity index (χ0n) is 63.9. The van der Waals surface area contributed by atoms with Gasteiger partial charge in [0.15, 0.2) is 0 Å². The molecule has 6 bridgehead atoms. The molecule has 4 N–H and O–H groups in total. The van der Waals surface area contributed by atoms with Gasteiger partial charge in [-0.2, -0.15) is 0 Å². The van der Waals surface area contributed by atoms with E-state index in [4.69, 9.17) is 53.1 Å². The second kappa shape index (κ2) is 39.3. The largest absolute Gasteiger partial charge is 0.519 e. The molecule has 23 heteroatoms. The number of fused-ring (bicyclic) bond motifs is 12. The number of nitro benzene ring substituents is 1. The first-order valence-corrected chi connectivity index (χ1v) is 38.4. The Morgan fingerprint density at radius 2 is 0.806 bits per heavy atom. The minimum Gasteiger partial charge on any atom is -0.445 e. The molecule has 6 aliphatic rings. The van der Waals surface area contributed by atoms with Gasteiger partial charge in [0.1, 0.15) is 36.2 Å². The maximum atomic E-state index is 13.0. The van der Waals surface area contributed by atoms with Crippen LogP contribution in [0.3, 0.4) is 0 Å². The van der Waals surface area contributed by atoms with E-state index in [0.717, 1.165) is 106 Å². The fraction of sp³-hybridized carbons (Fsp3) is 0.518. The SMILES string of the molecule is COCCN(CCOC)C(=O)Oc1ccc2c(c1)[C@@]1(C)CCCCC[C@@H](C2)[C@@H]1N.COCCN(CCOC)C(=O)Oc1ccc2c(c1)[C@@]1(C)CCCCC[C@@H](C2)[C@@H]1NC(=O)OCc1ccccc1.C[C@@]12CCCCC[C@@H](Cc3ccc(OC(=O)Oc4ccc([N+](=O)[O-])cc4)cc31)[C@@H]2NC(=O)OCc1ccccc1. The predicted octanol–water partition coefficient (Wildman–Crippen LogP) is 15.8. The van der Waals surface area contributed by atoms with Crippen LogP contribution in [0.25, 0.3) is 0 Å². The van der Waals surface area contributed by atoms with E-state index >= 15 is 0 Å². The summed E-state index contributed by atoms with van der Waals surface area (Å²) in [6, 6.07) is 42.1. The summed E-state index contributed by atoms with van der Waals surface area (Å²) in [7, 11) is 6.45. The predicted molar refractivity (Wildman–Crippen MR) is 410 cm³/mol. The number of carbonyl (C=O) groups is 5. The highest BCUT2D eigenvalue weighted by atomic mass is 16.7. The molecule has 0 aromatic heterocycles. The fourth-order valence-corrected chi connectivity index (χ4v) is 17.1. The van der Waals surface area contributed by atoms with Crippen molar-refractivity contribution in [3.8, 4) is 23.0 Å². The van der Waals surface area contributed by atoms with Gasteiger partial charge in [0.2, 0.25) is 0 Å². The topological polar surface area (TPSA) is 277 Å². The van der Waals surface area contributed by atoms with Gasteiger partial charge in [0.05, 0.1) is 31.4 Å². The second-order valence-corrected chi connectivity index (χ2v) is 30.2. The standard InChI is InChI=1S/C31H32N2O7.C31H42N2O6.C23H36N2O4/c1-31-17-7-3-6-10-23(28(31)32-29(34)38-20-21-8-4-2-5-9-21)18-22-11-14-26(19-27(22)31)40-30(35)39-25-15-12-24(13-16-25)33(36)37;1-31-15-9-5-8-12-25(28(31)32-29(34)38-22-23-10-6-4-7-11-23)20-24-13-14-26(21-27(24)31)39-30(35)33(16-18-36-2)17-19-37-3;1-23-10-6-4-5-7-18(21(23)24)15-17-8-9-19(16-20(17)23)29-22(26)25(11-13-27-2)12-14-28-3/h2,4-5,8-9,11-16,19,23,28H,3,6-7,10,17-18,20H2,1H3,(H,32,34);4,6-7,10-11,13-14,21,25,28H,5,8-9,12,15-20,22H2,1-3H3,(H,32,34);8-9,16,18,21H,4-7,10-15,24H2,1-3H3/t23-,28-,31+;25-,28-,31+;18-,21-,23+/m000/s1. The Morgan fingerprint density at radius 3 is 1.20 bits per heavy atom. The third-order valence-electron chi connectivity index (χ3n) is 23.0. The molecular formula is C85H110N6O17. The Bertz CT molecular complexity index is 3930. The number of carbonyl (C=O) groups excluding carboxylic acids is 5. The van der Waals surface area contributed by atoms with Gasteiger partial charge in [-0.1, -0.05) is 157 Å². The Morgan fingerprint density at radius 1 is 0.454 bits per heavy atom. The third kappa shape index (κ3) is 21.2. The molecule has 6 aromatic carbocycles. The van der Waals surface area contributed by atoms with Gasteiger partial charge < -0.3 is 73.5 Å². The molecule has 3 fully saturated rings. The number of methoxy groups -OCH3 is 4. The average molecular weight is 1490 g/mol. The monoisotopic (exact) mass is 1490 g/mol. The minimum absolute atomic E-state index is 0.0626. The van der Waals surface area contributed by atoms with Crippen molar-refractivity contribution < 1.29 is 76.3 Å². The zero-order valence-corrected chi connectivity index (χ0v) is 63.9. The van der Waals surface area contributed by atoms with Crippen LogP contribution >= 0.6 is 0 Å². The molecule has 0 unspecified atom stereocenters. The molecule has 4 amide bonds. The highest BCUT2D eigenvalue weighted by molar-refractivity contribution is 5.73. The van der Waals surface area contributed by atoms with E-state index in [0.29, 0.717) is 81.7 Å². The molecule has 0 spiro atoms. The number of benzene rings is 6. The van der Waals surface area contributed by atoms with E-state index in [1.54, 1.807) is 44.3 Å². The second-order valence-electron chi connectivity index (χ2n) is 30.2. The zero-order chi connectivity index (χ0) is 76.6. The molecule has 582 valence electrons. The van der Waals surface area contributed by atoms with Crippen LogP contribution in [0.5, 0.6) is 23.0 Å². The number of amides is 4. The van der Waals surface area contributed by atoms with Crippen LogP contribution < -0.4 is 35.3 Å². The average Bonchev–Trinajstić information content (AvgIpc) is 0.758. The minimum atomic E-state index is -0.940. The van der Waals surface area contributed by atoms with Crippen molar-refractivity contribution in [3.05, 3.63) is 194 Å². The summed E-state index contributed by atoms with van der Waals surface area (Å²) in [4.78, 5) is 77.7. The first kappa shape index (κ1) is 81.4. The molecule has 9 atom stereocenters. The lowest BCUT2D eigenvalue weighted by atomic mass is 9.59. The lowest BCUT2D eigenvalue weighted by molar-refractivity contribution is -0.384. The number of nitrogens with one attached hydrogen (secondary N) is 2. The van der Waals surface area contributed by atoms with Crippen molar-refractivity contribution in [2.75, 3.05) is 81.0 Å². The van der Waals surface area contributed by atoms with Crippen molar-refractivity contribution in [3.63, 3.8) is 0 Å². The normalized spacial score (nSPS) is 23.0. The van der Waals surface area contributed by atoms with Crippen molar-refractivity contribution in [1.82, 2.24) is 20.4 Å². The molecule has 0 aliphatic heterocycles. The molecule has 108 heavy (non-hydrogen) atoms. The highest BCUT2D eigenvalue weighted by Crippen LogP contribution is 2.51. The molecule has 12 rings (SSSR count). The summed E-state index contributed by atoms with van der Waals surface area (Å²) in [6.45, 7) is 10.6. The van der Waals surface area contributed by atoms with Gasteiger partial charge in [0.25, 0.3) is 5.69 Å². The lowest BCUT2D eigenvalue weighted by Crippen LogP contribution is -2.57. The van der Waals surface area contributed by atoms with Gasteiger partial charge in [-0.3, -0.25) is 10.1 Å². The molecule has 23 nitrogen and oxygen atoms in total. The quantitative estimate of drug-likeness (QED) is 0.0233. The Balaban J connectivity index is 0.000000175. The van der Waals surface area contributed by atoms with Gasteiger partial charge in [-0.15, -0.1) is 0 Å². The van der Waals surface area contributed by atoms with Crippen LogP contribution in [0, 0.1) is 27.9 Å². The van der Waals surface area contributed by atoms with Gasteiger partial charge in [-0.25, -0.2) is 24.0 Å². The van der Waals surface area contributed by atoms with Crippen LogP contribution in [0.2, 0.25) is 0 Å². The molecule has 0 radical (unpaired) electrons. The maximum absolute atomic E-state index is 13.0. The number of ether oxygens (including phenoxy) is 10. The van der Waals surface area contributed by atoms with Crippen molar-refractivity contribution >= 4 is 36.2 Å². The van der Waals surface area contributed by atoms with E-state index in [9.17, 15) is 34.1 Å². The van der Waals surface area contributed by atoms with Crippen molar-refractivity contribution in [2.45, 2.75) is 184 Å². The van der Waals surface area contributed by atoms with Gasteiger partial charge in [0, 0.05) is 101 Å². The summed E-state index contributed by atoms with van der Waals surface area (Å²) in [5, 5.41) is 17.3. The highest BCUT2D eigenvalue weighted by Gasteiger charge is 2.49. The fourth-order valence-electron chi connectivity index (χ4n) is 17.1. The number of rotatable bonds is 23. The first-order chi connectivity index (χ1) is 52.2. The van der Waals surface area contributed by atoms with Crippen molar-refractivity contribution in [1.29, 1.82) is 0 Å². The lowest BCUT2D eigenvalue weighted by Gasteiger charge is -2.49. The number of nitro groups is 1. The summed E-state index contributed by atoms with van der Waals surface area (Å²) >= 11 is 0. The molecule has 3 saturated carbocycles. The smallest absolute Gasteiger partial charge is 0.445 e. The summed E-state index contributed by atoms with van der Waals surface area (Å²) < 4.78 is 54.1. The van der Waals surface area contributed by atoms with Crippen molar-refractivity contribution in [2.24, 2.45) is 23.5 Å². The Labute approximate surface area is 635 Å². The Hall–Kier alpha value is -9.13. The van der Waals surface area contributed by atoms with Gasteiger partial charge in [-0.05, 0) is 169 Å². The first-order valence-electron chi connectivity index (χ1n) is 38.4.